The zero-order chi connectivity index (χ0) is 21.1. The van der Waals surface area contributed by atoms with Gasteiger partial charge in [0.1, 0.15) is 11.6 Å². The number of ether oxygens (including phenoxy) is 1. The van der Waals surface area contributed by atoms with Crippen molar-refractivity contribution in [2.24, 2.45) is 0 Å². The highest BCUT2D eigenvalue weighted by Crippen LogP contribution is 2.31. The lowest BCUT2D eigenvalue weighted by molar-refractivity contribution is -0.0511. The Morgan fingerprint density at radius 3 is 2.53 bits per heavy atom. The van der Waals surface area contributed by atoms with E-state index >= 15 is 0 Å². The molecule has 0 amide bonds. The van der Waals surface area contributed by atoms with Gasteiger partial charge in [-0.15, -0.1) is 0 Å². The molecule has 1 aromatic carbocycles. The molecule has 0 spiro atoms. The third-order valence-electron chi connectivity index (χ3n) is 5.46. The zero-order valence-corrected chi connectivity index (χ0v) is 18.8. The topological polar surface area (TPSA) is 52.8 Å². The Morgan fingerprint density at radius 2 is 1.83 bits per heavy atom. The van der Waals surface area contributed by atoms with E-state index in [-0.39, 0.29) is 24.1 Å². The standard InChI is InChI=1S/C23H26BrFN4O/c1-15-10-21(11-16(2)30-15)29-22(5-3-4-17-6-8-20(25)9-7-17)27-23(28-29)18-12-19(24)14-26-13-18/h6-9,12-16,21H,3-5,10-11H2,1-2H3. The summed E-state index contributed by atoms with van der Waals surface area (Å²) in [5.74, 6) is 1.49. The van der Waals surface area contributed by atoms with E-state index < -0.39 is 0 Å². The van der Waals surface area contributed by atoms with Crippen molar-refractivity contribution >= 4 is 15.9 Å². The number of hydrogen-bond donors (Lipinski definition) is 0. The highest BCUT2D eigenvalue weighted by molar-refractivity contribution is 9.10. The van der Waals surface area contributed by atoms with Crippen LogP contribution in [0.25, 0.3) is 11.4 Å². The molecule has 2 aromatic heterocycles. The monoisotopic (exact) mass is 472 g/mol. The van der Waals surface area contributed by atoms with Crippen molar-refractivity contribution in [2.45, 2.75) is 64.2 Å². The molecule has 3 aromatic rings. The highest BCUT2D eigenvalue weighted by atomic mass is 79.9. The first-order valence-corrected chi connectivity index (χ1v) is 11.2. The van der Waals surface area contributed by atoms with E-state index in [0.717, 1.165) is 53.5 Å². The summed E-state index contributed by atoms with van der Waals surface area (Å²) in [4.78, 5) is 9.14. The molecule has 30 heavy (non-hydrogen) atoms. The van der Waals surface area contributed by atoms with Gasteiger partial charge in [0.15, 0.2) is 5.82 Å². The number of pyridine rings is 1. The van der Waals surface area contributed by atoms with Crippen LogP contribution in [0.2, 0.25) is 0 Å². The van der Waals surface area contributed by atoms with Gasteiger partial charge in [-0.25, -0.2) is 14.1 Å². The molecule has 0 saturated carbocycles. The molecule has 3 heterocycles. The van der Waals surface area contributed by atoms with E-state index in [1.807, 2.05) is 18.2 Å². The first kappa shape index (κ1) is 21.1. The summed E-state index contributed by atoms with van der Waals surface area (Å²) in [5, 5.41) is 4.89. The third-order valence-corrected chi connectivity index (χ3v) is 5.90. The van der Waals surface area contributed by atoms with Crippen LogP contribution in [0.4, 0.5) is 4.39 Å². The minimum absolute atomic E-state index is 0.200. The lowest BCUT2D eigenvalue weighted by Crippen LogP contribution is -2.32. The first-order chi connectivity index (χ1) is 14.5. The second-order valence-corrected chi connectivity index (χ2v) is 8.97. The van der Waals surface area contributed by atoms with Crippen LogP contribution in [0.3, 0.4) is 0 Å². The molecule has 5 nitrogen and oxygen atoms in total. The van der Waals surface area contributed by atoms with Crippen LogP contribution in [-0.2, 0) is 17.6 Å². The number of nitrogens with zero attached hydrogens (tertiary/aromatic N) is 4. The molecule has 2 atom stereocenters. The Bertz CT molecular complexity index is 981. The molecule has 4 rings (SSSR count). The fourth-order valence-electron chi connectivity index (χ4n) is 4.15. The summed E-state index contributed by atoms with van der Waals surface area (Å²) in [6.45, 7) is 4.24. The van der Waals surface area contributed by atoms with Crippen LogP contribution in [-0.4, -0.2) is 32.0 Å². The molecule has 1 saturated heterocycles. The quantitative estimate of drug-likeness (QED) is 0.472. The average Bonchev–Trinajstić information content (AvgIpc) is 3.13. The van der Waals surface area contributed by atoms with Gasteiger partial charge in [0.25, 0.3) is 0 Å². The number of hydrogen-bond acceptors (Lipinski definition) is 4. The molecule has 1 fully saturated rings. The van der Waals surface area contributed by atoms with E-state index in [2.05, 4.69) is 39.4 Å². The summed E-state index contributed by atoms with van der Waals surface area (Å²) in [6.07, 6.45) is 8.41. The predicted octanol–water partition coefficient (Wildman–Crippen LogP) is 5.55. The van der Waals surface area contributed by atoms with Gasteiger partial charge in [0, 0.05) is 28.9 Å². The first-order valence-electron chi connectivity index (χ1n) is 10.4. The molecular formula is C23H26BrFN4O. The van der Waals surface area contributed by atoms with Crippen LogP contribution in [0, 0.1) is 5.82 Å². The van der Waals surface area contributed by atoms with Gasteiger partial charge in [0.05, 0.1) is 18.2 Å². The van der Waals surface area contributed by atoms with Gasteiger partial charge in [-0.3, -0.25) is 4.98 Å². The van der Waals surface area contributed by atoms with Crippen LogP contribution >= 0.6 is 15.9 Å². The van der Waals surface area contributed by atoms with E-state index in [4.69, 9.17) is 14.8 Å². The van der Waals surface area contributed by atoms with Crippen LogP contribution in [0.5, 0.6) is 0 Å². The normalized spacial score (nSPS) is 21.7. The van der Waals surface area contributed by atoms with Crippen molar-refractivity contribution in [2.75, 3.05) is 0 Å². The van der Waals surface area contributed by atoms with Crippen LogP contribution in [0.1, 0.15) is 50.5 Å². The second kappa shape index (κ2) is 9.35. The van der Waals surface area contributed by atoms with Crippen molar-refractivity contribution in [1.82, 2.24) is 19.7 Å². The predicted molar refractivity (Wildman–Crippen MR) is 118 cm³/mol. The average molecular weight is 473 g/mol. The van der Waals surface area contributed by atoms with Crippen molar-refractivity contribution in [1.29, 1.82) is 0 Å². The van der Waals surface area contributed by atoms with Gasteiger partial charge >= 0.3 is 0 Å². The molecule has 0 radical (unpaired) electrons. The Balaban J connectivity index is 1.57. The SMILES string of the molecule is CC1CC(n2nc(-c3cncc(Br)c3)nc2CCCc2ccc(F)cc2)CC(C)O1. The summed E-state index contributed by atoms with van der Waals surface area (Å²) in [6, 6.07) is 8.98. The molecule has 0 bridgehead atoms. The van der Waals surface area contributed by atoms with E-state index in [1.165, 1.54) is 12.1 Å². The van der Waals surface area contributed by atoms with Crippen LogP contribution < -0.4 is 0 Å². The van der Waals surface area contributed by atoms with Crippen molar-refractivity contribution in [3.63, 3.8) is 0 Å². The van der Waals surface area contributed by atoms with Gasteiger partial charge < -0.3 is 4.74 Å². The number of rotatable bonds is 6. The third kappa shape index (κ3) is 5.13. The Hall–Kier alpha value is -2.12. The minimum Gasteiger partial charge on any atom is -0.375 e. The maximum atomic E-state index is 13.1. The van der Waals surface area contributed by atoms with Crippen molar-refractivity contribution in [3.8, 4) is 11.4 Å². The number of aromatic nitrogens is 4. The lowest BCUT2D eigenvalue weighted by atomic mass is 9.99. The molecule has 2 unspecified atom stereocenters. The maximum absolute atomic E-state index is 13.1. The molecule has 0 N–H and O–H groups in total. The number of aryl methyl sites for hydroxylation is 2. The fourth-order valence-corrected chi connectivity index (χ4v) is 4.51. The summed E-state index contributed by atoms with van der Waals surface area (Å²) in [5.41, 5.74) is 2.03. The lowest BCUT2D eigenvalue weighted by Gasteiger charge is -2.32. The van der Waals surface area contributed by atoms with E-state index in [1.54, 1.807) is 12.4 Å². The Labute approximate surface area is 184 Å². The smallest absolute Gasteiger partial charge is 0.182 e. The van der Waals surface area contributed by atoms with Crippen LogP contribution in [0.15, 0.2) is 47.2 Å². The second-order valence-electron chi connectivity index (χ2n) is 8.05. The number of halogens is 2. The summed E-state index contributed by atoms with van der Waals surface area (Å²) in [7, 11) is 0. The molecule has 0 aliphatic carbocycles. The molecular weight excluding hydrogens is 447 g/mol. The van der Waals surface area contributed by atoms with E-state index in [9.17, 15) is 4.39 Å². The fraction of sp³-hybridized carbons (Fsp3) is 0.435. The zero-order valence-electron chi connectivity index (χ0n) is 17.3. The van der Waals surface area contributed by atoms with Gasteiger partial charge in [0.2, 0.25) is 0 Å². The van der Waals surface area contributed by atoms with Gasteiger partial charge in [-0.1, -0.05) is 12.1 Å². The van der Waals surface area contributed by atoms with Gasteiger partial charge in [-0.05, 0) is 79.2 Å². The maximum Gasteiger partial charge on any atom is 0.182 e. The molecule has 7 heteroatoms. The summed E-state index contributed by atoms with van der Waals surface area (Å²) < 4.78 is 22.1. The minimum atomic E-state index is -0.200. The Kier molecular flexibility index (Phi) is 6.58. The molecule has 158 valence electrons. The number of benzene rings is 1. The van der Waals surface area contributed by atoms with Crippen molar-refractivity contribution < 1.29 is 9.13 Å². The van der Waals surface area contributed by atoms with Gasteiger partial charge in [-0.2, -0.15) is 5.10 Å². The molecule has 1 aliphatic rings. The summed E-state index contributed by atoms with van der Waals surface area (Å²) >= 11 is 3.48. The van der Waals surface area contributed by atoms with E-state index in [0.29, 0.717) is 5.82 Å². The molecule has 1 aliphatic heterocycles. The largest absolute Gasteiger partial charge is 0.375 e. The van der Waals surface area contributed by atoms with Crippen molar-refractivity contribution in [3.05, 3.63) is 64.4 Å². The highest BCUT2D eigenvalue weighted by Gasteiger charge is 2.28. The Morgan fingerprint density at radius 1 is 1.10 bits per heavy atom.